The number of amides is 2. The Kier molecular flexibility index (Phi) is 7.14. The van der Waals surface area contributed by atoms with Crippen molar-refractivity contribution in [3.8, 4) is 10.6 Å². The molecule has 0 saturated heterocycles. The fourth-order valence-electron chi connectivity index (χ4n) is 3.31. The van der Waals surface area contributed by atoms with Crippen molar-refractivity contribution in [3.05, 3.63) is 95.0 Å². The predicted octanol–water partition coefficient (Wildman–Crippen LogP) is 3.82. The van der Waals surface area contributed by atoms with Crippen LogP contribution in [0.15, 0.2) is 78.3 Å². The maximum Gasteiger partial charge on any atom is 0.342 e. The van der Waals surface area contributed by atoms with E-state index in [4.69, 9.17) is 4.74 Å². The number of anilines is 1. The van der Waals surface area contributed by atoms with Crippen LogP contribution in [0.5, 0.6) is 0 Å². The molecule has 2 aromatic carbocycles. The van der Waals surface area contributed by atoms with E-state index in [1.165, 1.54) is 18.4 Å². The zero-order valence-electron chi connectivity index (χ0n) is 18.4. The minimum Gasteiger partial charge on any atom is -0.452 e. The summed E-state index contributed by atoms with van der Waals surface area (Å²) in [5.74, 6) is -1.43. The van der Waals surface area contributed by atoms with Gasteiger partial charge in [0.05, 0.1) is 11.4 Å². The predicted molar refractivity (Wildman–Crippen MR) is 130 cm³/mol. The van der Waals surface area contributed by atoms with Crippen LogP contribution in [-0.2, 0) is 16.1 Å². The molecule has 2 aromatic heterocycles. The molecule has 2 N–H and O–H groups in total. The van der Waals surface area contributed by atoms with Crippen molar-refractivity contribution in [3.63, 3.8) is 0 Å². The summed E-state index contributed by atoms with van der Waals surface area (Å²) in [6, 6.07) is 20.0. The van der Waals surface area contributed by atoms with Crippen molar-refractivity contribution in [2.24, 2.45) is 0 Å². The molecule has 0 atom stereocenters. The molecule has 4 aromatic rings. The molecule has 0 spiro atoms. The number of esters is 1. The van der Waals surface area contributed by atoms with E-state index in [0.717, 1.165) is 10.4 Å². The van der Waals surface area contributed by atoms with Gasteiger partial charge in [-0.25, -0.2) is 4.79 Å². The fourth-order valence-corrected chi connectivity index (χ4v) is 4.03. The van der Waals surface area contributed by atoms with Gasteiger partial charge >= 0.3 is 5.97 Å². The molecule has 0 saturated carbocycles. The number of aromatic nitrogens is 2. The highest BCUT2D eigenvalue weighted by Crippen LogP contribution is 2.27. The van der Waals surface area contributed by atoms with E-state index in [9.17, 15) is 14.4 Å². The molecule has 0 fully saturated rings. The molecule has 4 rings (SSSR count). The summed E-state index contributed by atoms with van der Waals surface area (Å²) in [4.78, 5) is 37.8. The first-order chi connectivity index (χ1) is 16.5. The number of carbonyl (C=O) groups is 3. The van der Waals surface area contributed by atoms with Crippen LogP contribution >= 0.6 is 11.3 Å². The van der Waals surface area contributed by atoms with Crippen molar-refractivity contribution >= 4 is 34.8 Å². The number of rotatable bonds is 8. The van der Waals surface area contributed by atoms with Gasteiger partial charge < -0.3 is 15.4 Å². The molecule has 0 radical (unpaired) electrons. The van der Waals surface area contributed by atoms with E-state index in [2.05, 4.69) is 15.7 Å². The molecule has 8 nitrogen and oxygen atoms in total. The Morgan fingerprint density at radius 2 is 1.85 bits per heavy atom. The third-order valence-electron chi connectivity index (χ3n) is 4.89. The van der Waals surface area contributed by atoms with Crippen LogP contribution in [0.4, 0.5) is 5.69 Å². The molecule has 9 heteroatoms. The average Bonchev–Trinajstić information content (AvgIpc) is 3.53. The highest BCUT2D eigenvalue weighted by molar-refractivity contribution is 7.13. The van der Waals surface area contributed by atoms with Gasteiger partial charge in [0.25, 0.3) is 11.8 Å². The Morgan fingerprint density at radius 3 is 2.59 bits per heavy atom. The van der Waals surface area contributed by atoms with Gasteiger partial charge in [-0.05, 0) is 35.2 Å². The van der Waals surface area contributed by atoms with E-state index in [-0.39, 0.29) is 11.5 Å². The van der Waals surface area contributed by atoms with Gasteiger partial charge in [0.15, 0.2) is 6.61 Å². The van der Waals surface area contributed by atoms with Crippen LogP contribution in [0, 0.1) is 0 Å². The summed E-state index contributed by atoms with van der Waals surface area (Å²) in [7, 11) is 1.53. The molecule has 2 amide bonds. The second kappa shape index (κ2) is 10.6. The number of carbonyl (C=O) groups excluding carboxylic acids is 3. The number of nitrogens with zero attached hydrogens (tertiary/aromatic N) is 2. The van der Waals surface area contributed by atoms with E-state index < -0.39 is 18.5 Å². The maximum absolute atomic E-state index is 12.9. The lowest BCUT2D eigenvalue weighted by Crippen LogP contribution is -2.22. The standard InChI is InChI=1S/C25H22N4O4S/c1-26-24(31)18-9-5-10-19(13-18)27-22(30)16-33-25(32)20-15-29(14-17-7-3-2-4-8-17)28-23(20)21-11-6-12-34-21/h2-13,15H,14,16H2,1H3,(H,26,31)(H,27,30). The Morgan fingerprint density at radius 1 is 1.03 bits per heavy atom. The van der Waals surface area contributed by atoms with Gasteiger partial charge in [0.1, 0.15) is 11.3 Å². The van der Waals surface area contributed by atoms with Gasteiger partial charge in [0.2, 0.25) is 0 Å². The smallest absolute Gasteiger partial charge is 0.342 e. The summed E-state index contributed by atoms with van der Waals surface area (Å²) in [5.41, 5.74) is 2.67. The number of nitrogens with one attached hydrogen (secondary N) is 2. The monoisotopic (exact) mass is 474 g/mol. The van der Waals surface area contributed by atoms with Crippen LogP contribution in [-0.4, -0.2) is 41.2 Å². The third kappa shape index (κ3) is 5.57. The van der Waals surface area contributed by atoms with Crippen molar-refractivity contribution in [2.45, 2.75) is 6.54 Å². The maximum atomic E-state index is 12.9. The summed E-state index contributed by atoms with van der Waals surface area (Å²) in [6.45, 7) is 0.0193. The Labute approximate surface area is 200 Å². The second-order valence-electron chi connectivity index (χ2n) is 7.34. The molecule has 0 aliphatic heterocycles. The van der Waals surface area contributed by atoms with Crippen molar-refractivity contribution in [2.75, 3.05) is 19.0 Å². The first kappa shape index (κ1) is 22.9. The first-order valence-corrected chi connectivity index (χ1v) is 11.4. The van der Waals surface area contributed by atoms with Crippen molar-refractivity contribution in [1.29, 1.82) is 0 Å². The van der Waals surface area contributed by atoms with Crippen molar-refractivity contribution in [1.82, 2.24) is 15.1 Å². The largest absolute Gasteiger partial charge is 0.452 e. The van der Waals surface area contributed by atoms with Crippen LogP contribution in [0.25, 0.3) is 10.6 Å². The van der Waals surface area contributed by atoms with Gasteiger partial charge in [-0.3, -0.25) is 14.3 Å². The Bertz CT molecular complexity index is 1300. The lowest BCUT2D eigenvalue weighted by Gasteiger charge is -2.08. The molecule has 2 heterocycles. The molecule has 34 heavy (non-hydrogen) atoms. The summed E-state index contributed by atoms with van der Waals surface area (Å²) in [5, 5.41) is 11.6. The normalized spacial score (nSPS) is 10.5. The first-order valence-electron chi connectivity index (χ1n) is 10.5. The van der Waals surface area contributed by atoms with E-state index in [1.54, 1.807) is 35.1 Å². The highest BCUT2D eigenvalue weighted by atomic mass is 32.1. The van der Waals surface area contributed by atoms with Gasteiger partial charge in [-0.15, -0.1) is 11.3 Å². The lowest BCUT2D eigenvalue weighted by molar-refractivity contribution is -0.119. The van der Waals surface area contributed by atoms with Crippen LogP contribution in [0.1, 0.15) is 26.3 Å². The fraction of sp³-hybridized carbons (Fsp3) is 0.120. The molecular formula is C25H22N4O4S. The SMILES string of the molecule is CNC(=O)c1cccc(NC(=O)COC(=O)c2cn(Cc3ccccc3)nc2-c2cccs2)c1. The van der Waals surface area contributed by atoms with Gasteiger partial charge in [0, 0.05) is 24.5 Å². The highest BCUT2D eigenvalue weighted by Gasteiger charge is 2.21. The number of ether oxygens (including phenoxy) is 1. The number of hydrogen-bond acceptors (Lipinski definition) is 6. The second-order valence-corrected chi connectivity index (χ2v) is 8.28. The van der Waals surface area contributed by atoms with Gasteiger partial charge in [-0.1, -0.05) is 42.5 Å². The molecule has 0 aliphatic rings. The molecule has 0 unspecified atom stereocenters. The molecule has 172 valence electrons. The topological polar surface area (TPSA) is 102 Å². The minimum absolute atomic E-state index is 0.267. The zero-order chi connectivity index (χ0) is 23.9. The van der Waals surface area contributed by atoms with Crippen LogP contribution < -0.4 is 10.6 Å². The van der Waals surface area contributed by atoms with Crippen LogP contribution in [0.2, 0.25) is 0 Å². The number of hydrogen-bond donors (Lipinski definition) is 2. The average molecular weight is 475 g/mol. The van der Waals surface area contributed by atoms with E-state index in [0.29, 0.717) is 23.5 Å². The quantitative estimate of drug-likeness (QED) is 0.378. The van der Waals surface area contributed by atoms with Gasteiger partial charge in [-0.2, -0.15) is 5.10 Å². The molecular weight excluding hydrogens is 452 g/mol. The van der Waals surface area contributed by atoms with Crippen molar-refractivity contribution < 1.29 is 19.1 Å². The summed E-state index contributed by atoms with van der Waals surface area (Å²) < 4.78 is 6.97. The third-order valence-corrected chi connectivity index (χ3v) is 5.77. The zero-order valence-corrected chi connectivity index (χ0v) is 19.2. The Hall–Kier alpha value is -4.24. The van der Waals surface area contributed by atoms with E-state index in [1.807, 2.05) is 47.8 Å². The Balaban J connectivity index is 1.45. The number of benzene rings is 2. The molecule has 0 bridgehead atoms. The van der Waals surface area contributed by atoms with E-state index >= 15 is 0 Å². The number of thiophene rings is 1. The molecule has 0 aliphatic carbocycles. The van der Waals surface area contributed by atoms with Crippen LogP contribution in [0.3, 0.4) is 0 Å². The summed E-state index contributed by atoms with van der Waals surface area (Å²) >= 11 is 1.46. The minimum atomic E-state index is -0.642. The lowest BCUT2D eigenvalue weighted by atomic mass is 10.2. The summed E-state index contributed by atoms with van der Waals surface area (Å²) in [6.07, 6.45) is 1.63.